The number of hydrogen-bond donors (Lipinski definition) is 4. The topological polar surface area (TPSA) is 211 Å². The third-order valence-electron chi connectivity index (χ3n) is 12.4. The van der Waals surface area contributed by atoms with Crippen molar-refractivity contribution in [1.29, 1.82) is 0 Å². The SMILES string of the molecule is CCCNCCN(CCN(CCNCCN1C(=O)CCC1=O)CCN(CCNCCN1C(=O)CCC1=O)CCN(CCNCCC)CCN1C(=O)CCC1=O)CCN1C(=O)CCC1=O. The molecule has 4 aliphatic heterocycles. The summed E-state index contributed by atoms with van der Waals surface area (Å²) in [7, 11) is 0. The van der Waals surface area contributed by atoms with Crippen LogP contribution in [0.4, 0.5) is 0 Å². The Hall–Kier alpha value is -3.76. The molecule has 8 amide bonds. The monoisotopic (exact) mass is 903 g/mol. The Morgan fingerprint density at radius 2 is 0.516 bits per heavy atom. The van der Waals surface area contributed by atoms with E-state index < -0.39 is 0 Å². The fourth-order valence-corrected chi connectivity index (χ4v) is 8.35. The highest BCUT2D eigenvalue weighted by Gasteiger charge is 2.31. The first-order valence-corrected chi connectivity index (χ1v) is 24.1. The number of nitrogens with zero attached hydrogens (tertiary/aromatic N) is 8. The van der Waals surface area contributed by atoms with E-state index in [1.165, 1.54) is 19.6 Å². The molecule has 4 fully saturated rings. The molecule has 0 aromatic rings. The molecule has 20 nitrogen and oxygen atoms in total. The first-order valence-electron chi connectivity index (χ1n) is 24.1. The number of rotatable bonds is 37. The summed E-state index contributed by atoms with van der Waals surface area (Å²) in [5.74, 6) is -0.940. The lowest BCUT2D eigenvalue weighted by atomic mass is 10.3. The van der Waals surface area contributed by atoms with E-state index >= 15 is 0 Å². The Morgan fingerprint density at radius 1 is 0.297 bits per heavy atom. The molecule has 0 bridgehead atoms. The summed E-state index contributed by atoms with van der Waals surface area (Å²) in [5, 5.41) is 13.8. The van der Waals surface area contributed by atoms with Crippen LogP contribution in [0.15, 0.2) is 0 Å². The van der Waals surface area contributed by atoms with Crippen molar-refractivity contribution >= 4 is 47.3 Å². The lowest BCUT2D eigenvalue weighted by Gasteiger charge is -2.32. The van der Waals surface area contributed by atoms with Gasteiger partial charge in [0.05, 0.1) is 0 Å². The van der Waals surface area contributed by atoms with Crippen LogP contribution in [0, 0.1) is 0 Å². The Balaban J connectivity index is 1.42. The molecule has 0 atom stereocenters. The fraction of sp³-hybridized carbons (Fsp3) is 0.818. The Labute approximate surface area is 380 Å². The minimum atomic E-state index is -0.124. The van der Waals surface area contributed by atoms with Gasteiger partial charge in [-0.3, -0.25) is 77.6 Å². The van der Waals surface area contributed by atoms with Crippen LogP contribution in [0.3, 0.4) is 0 Å². The van der Waals surface area contributed by atoms with Crippen molar-refractivity contribution in [2.45, 2.75) is 78.1 Å². The summed E-state index contributed by atoms with van der Waals surface area (Å²) in [6.07, 6.45) is 4.20. The van der Waals surface area contributed by atoms with E-state index in [2.05, 4.69) is 54.7 Å². The van der Waals surface area contributed by atoms with Gasteiger partial charge in [-0.15, -0.1) is 0 Å². The minimum Gasteiger partial charge on any atom is -0.315 e. The maximum atomic E-state index is 12.4. The molecule has 4 aliphatic rings. The van der Waals surface area contributed by atoms with Gasteiger partial charge in [0.2, 0.25) is 47.3 Å². The number of imide groups is 4. The van der Waals surface area contributed by atoms with Crippen molar-refractivity contribution < 1.29 is 38.4 Å². The highest BCUT2D eigenvalue weighted by Crippen LogP contribution is 2.14. The summed E-state index contributed by atoms with van der Waals surface area (Å²) in [6.45, 7) is 19.9. The maximum absolute atomic E-state index is 12.4. The lowest BCUT2D eigenvalue weighted by molar-refractivity contribution is -0.140. The molecule has 4 saturated heterocycles. The zero-order chi connectivity index (χ0) is 46.1. The smallest absolute Gasteiger partial charge is 0.229 e. The van der Waals surface area contributed by atoms with Crippen LogP contribution in [0.5, 0.6) is 0 Å². The molecular weight excluding hydrogens is 825 g/mol. The highest BCUT2D eigenvalue weighted by molar-refractivity contribution is 6.03. The number of likely N-dealkylation sites (tertiary alicyclic amines) is 4. The average molecular weight is 903 g/mol. The molecule has 0 radical (unpaired) electrons. The zero-order valence-corrected chi connectivity index (χ0v) is 38.9. The van der Waals surface area contributed by atoms with Gasteiger partial charge in [-0.1, -0.05) is 13.8 Å². The summed E-state index contributed by atoms with van der Waals surface area (Å²) >= 11 is 0. The van der Waals surface area contributed by atoms with Crippen molar-refractivity contribution in [3.63, 3.8) is 0 Å². The quantitative estimate of drug-likeness (QED) is 0.0392. The number of amides is 8. The van der Waals surface area contributed by atoms with Crippen LogP contribution in [0.2, 0.25) is 0 Å². The van der Waals surface area contributed by atoms with Crippen molar-refractivity contribution in [2.24, 2.45) is 0 Å². The molecule has 0 aromatic carbocycles. The second kappa shape index (κ2) is 29.7. The standard InChI is InChI=1S/C44H78N12O8/c1-3-13-45-15-21-51(33-35-55-41(61)9-10-42(55)62)31-29-49(23-17-47-19-25-53-37(57)5-6-38(53)58)27-28-50(24-18-48-20-26-54-39(59)7-8-40(54)60)30-32-52(22-16-46-14-4-2)34-36-56-43(63)11-12-44(56)64/h45-48H,3-36H2,1-2H3. The third kappa shape index (κ3) is 18.6. The van der Waals surface area contributed by atoms with E-state index in [1.54, 1.807) is 0 Å². The molecule has 20 heteroatoms. The number of nitrogens with one attached hydrogen (secondary N) is 4. The largest absolute Gasteiger partial charge is 0.315 e. The Kier molecular flexibility index (Phi) is 24.5. The van der Waals surface area contributed by atoms with Crippen LogP contribution in [0.1, 0.15) is 78.1 Å². The van der Waals surface area contributed by atoms with Crippen LogP contribution in [-0.2, 0) is 38.4 Å². The molecule has 4 heterocycles. The van der Waals surface area contributed by atoms with Crippen molar-refractivity contribution in [1.82, 2.24) is 60.5 Å². The number of hydrogen-bond acceptors (Lipinski definition) is 16. The van der Waals surface area contributed by atoms with E-state index in [0.717, 1.165) is 91.4 Å². The van der Waals surface area contributed by atoms with Crippen LogP contribution < -0.4 is 21.3 Å². The average Bonchev–Trinajstić information content (AvgIpc) is 4.00. The molecule has 0 aromatic heterocycles. The zero-order valence-electron chi connectivity index (χ0n) is 38.9. The minimum absolute atomic E-state index is 0.111. The molecule has 0 aliphatic carbocycles. The fourth-order valence-electron chi connectivity index (χ4n) is 8.35. The summed E-state index contributed by atoms with van der Waals surface area (Å²) < 4.78 is 0. The predicted molar refractivity (Wildman–Crippen MR) is 242 cm³/mol. The van der Waals surface area contributed by atoms with Crippen molar-refractivity contribution in [3.8, 4) is 0 Å². The van der Waals surface area contributed by atoms with Crippen molar-refractivity contribution in [3.05, 3.63) is 0 Å². The number of carbonyl (C=O) groups is 8. The highest BCUT2D eigenvalue weighted by atomic mass is 16.2. The second-order valence-corrected chi connectivity index (χ2v) is 17.1. The number of carbonyl (C=O) groups excluding carboxylic acids is 8. The van der Waals surface area contributed by atoms with Gasteiger partial charge in [0.25, 0.3) is 0 Å². The first kappa shape index (κ1) is 52.9. The normalized spacial score (nSPS) is 17.4. The van der Waals surface area contributed by atoms with Crippen LogP contribution in [-0.4, -0.2) is 244 Å². The Bertz CT molecular complexity index is 1360. The van der Waals surface area contributed by atoms with Gasteiger partial charge in [0.15, 0.2) is 0 Å². The molecule has 0 spiro atoms. The van der Waals surface area contributed by atoms with Crippen LogP contribution >= 0.6 is 0 Å². The van der Waals surface area contributed by atoms with Gasteiger partial charge in [0.1, 0.15) is 0 Å². The van der Waals surface area contributed by atoms with E-state index in [9.17, 15) is 38.4 Å². The van der Waals surface area contributed by atoms with Crippen molar-refractivity contribution in [2.75, 3.05) is 157 Å². The molecular formula is C44H78N12O8. The molecule has 4 rings (SSSR count). The molecule has 4 N–H and O–H groups in total. The Morgan fingerprint density at radius 3 is 0.766 bits per heavy atom. The van der Waals surface area contributed by atoms with Crippen LogP contribution in [0.25, 0.3) is 0 Å². The van der Waals surface area contributed by atoms with Gasteiger partial charge >= 0.3 is 0 Å². The summed E-state index contributed by atoms with van der Waals surface area (Å²) in [5.41, 5.74) is 0. The molecule has 0 unspecified atom stereocenters. The van der Waals surface area contributed by atoms with Gasteiger partial charge in [0, 0.05) is 195 Å². The molecule has 362 valence electrons. The maximum Gasteiger partial charge on any atom is 0.229 e. The van der Waals surface area contributed by atoms with E-state index in [-0.39, 0.29) is 98.6 Å². The van der Waals surface area contributed by atoms with Gasteiger partial charge in [-0.25, -0.2) is 0 Å². The van der Waals surface area contributed by atoms with Gasteiger partial charge in [-0.2, -0.15) is 0 Å². The predicted octanol–water partition coefficient (Wildman–Crippen LogP) is -2.03. The van der Waals surface area contributed by atoms with E-state index in [1.807, 2.05) is 0 Å². The van der Waals surface area contributed by atoms with Gasteiger partial charge in [-0.05, 0) is 25.9 Å². The second-order valence-electron chi connectivity index (χ2n) is 17.1. The third-order valence-corrected chi connectivity index (χ3v) is 12.4. The summed E-state index contributed by atoms with van der Waals surface area (Å²) in [6, 6.07) is 0. The van der Waals surface area contributed by atoms with E-state index in [4.69, 9.17) is 0 Å². The van der Waals surface area contributed by atoms with E-state index in [0.29, 0.717) is 78.5 Å². The summed E-state index contributed by atoms with van der Waals surface area (Å²) in [4.78, 5) is 113. The molecule has 64 heavy (non-hydrogen) atoms. The van der Waals surface area contributed by atoms with Gasteiger partial charge < -0.3 is 21.3 Å². The first-order chi connectivity index (χ1) is 31.0. The lowest BCUT2D eigenvalue weighted by Crippen LogP contribution is -2.48. The molecule has 0 saturated carbocycles.